The van der Waals surface area contributed by atoms with Gasteiger partial charge in [-0.05, 0) is 36.2 Å². The van der Waals surface area contributed by atoms with Crippen molar-refractivity contribution < 1.29 is 23.8 Å². The van der Waals surface area contributed by atoms with Gasteiger partial charge < -0.3 is 14.7 Å². The zero-order valence-electron chi connectivity index (χ0n) is 17.0. The number of ketones is 1. The van der Waals surface area contributed by atoms with Crippen molar-refractivity contribution in [2.75, 3.05) is 39.4 Å². The Balaban J connectivity index is 1.66. The third-order valence-electron chi connectivity index (χ3n) is 5.64. The number of aliphatic hydroxyl groups excluding tert-OH is 1. The molecule has 1 aromatic carbocycles. The first kappa shape index (κ1) is 21.1. The van der Waals surface area contributed by atoms with E-state index in [9.17, 15) is 19.1 Å². The molecule has 2 aliphatic heterocycles. The van der Waals surface area contributed by atoms with Gasteiger partial charge in [0.25, 0.3) is 11.7 Å². The number of carbonyl (C=O) groups excluding carboxylic acids is 2. The van der Waals surface area contributed by atoms with E-state index in [4.69, 9.17) is 4.74 Å². The molecule has 0 bridgehead atoms. The lowest BCUT2D eigenvalue weighted by atomic mass is 9.95. The molecule has 2 saturated heterocycles. The molecule has 1 N–H and O–H groups in total. The number of amides is 1. The molecule has 0 radical (unpaired) electrons. The Hall–Kier alpha value is -3.10. The molecular weight excluding hydrogens is 401 g/mol. The minimum atomic E-state index is -0.853. The van der Waals surface area contributed by atoms with Crippen molar-refractivity contribution in [1.82, 2.24) is 14.8 Å². The number of rotatable bonds is 6. The van der Waals surface area contributed by atoms with Crippen LogP contribution in [0.4, 0.5) is 4.39 Å². The lowest BCUT2D eigenvalue weighted by Crippen LogP contribution is -2.39. The van der Waals surface area contributed by atoms with Gasteiger partial charge in [0.2, 0.25) is 0 Å². The second-order valence-corrected chi connectivity index (χ2v) is 7.59. The van der Waals surface area contributed by atoms with Crippen LogP contribution in [0.5, 0.6) is 0 Å². The third kappa shape index (κ3) is 4.50. The molecule has 0 aliphatic carbocycles. The number of aliphatic hydroxyl groups is 1. The maximum atomic E-state index is 14.0. The van der Waals surface area contributed by atoms with Crippen molar-refractivity contribution in [3.05, 3.63) is 71.3 Å². The van der Waals surface area contributed by atoms with Crippen molar-refractivity contribution in [3.63, 3.8) is 0 Å². The summed E-state index contributed by atoms with van der Waals surface area (Å²) in [4.78, 5) is 33.4. The summed E-state index contributed by atoms with van der Waals surface area (Å²) in [7, 11) is 0. The van der Waals surface area contributed by atoms with Crippen LogP contribution in [-0.2, 0) is 14.3 Å². The number of hydrogen-bond donors (Lipinski definition) is 1. The van der Waals surface area contributed by atoms with Gasteiger partial charge in [-0.25, -0.2) is 4.39 Å². The first-order chi connectivity index (χ1) is 15.1. The zero-order chi connectivity index (χ0) is 21.8. The Morgan fingerprint density at radius 1 is 1.13 bits per heavy atom. The molecule has 3 heterocycles. The maximum absolute atomic E-state index is 14.0. The summed E-state index contributed by atoms with van der Waals surface area (Å²) in [5.74, 6) is -2.22. The fourth-order valence-electron chi connectivity index (χ4n) is 4.09. The molecule has 31 heavy (non-hydrogen) atoms. The fraction of sp³-hybridized carbons (Fsp3) is 0.348. The van der Waals surface area contributed by atoms with E-state index in [2.05, 4.69) is 9.88 Å². The van der Waals surface area contributed by atoms with E-state index in [1.165, 1.54) is 35.5 Å². The number of morpholine rings is 1. The predicted molar refractivity (Wildman–Crippen MR) is 112 cm³/mol. The molecule has 1 atom stereocenters. The van der Waals surface area contributed by atoms with Gasteiger partial charge in [0.05, 0.1) is 24.8 Å². The second-order valence-electron chi connectivity index (χ2n) is 7.59. The average molecular weight is 425 g/mol. The van der Waals surface area contributed by atoms with Crippen molar-refractivity contribution in [2.45, 2.75) is 12.5 Å². The van der Waals surface area contributed by atoms with Crippen LogP contribution in [-0.4, -0.2) is 71.0 Å². The van der Waals surface area contributed by atoms with E-state index in [-0.39, 0.29) is 11.3 Å². The summed E-state index contributed by atoms with van der Waals surface area (Å²) in [6.07, 6.45) is 3.63. The van der Waals surface area contributed by atoms with Crippen LogP contribution in [0.3, 0.4) is 0 Å². The highest BCUT2D eigenvalue weighted by Gasteiger charge is 2.45. The summed E-state index contributed by atoms with van der Waals surface area (Å²) in [5, 5.41) is 10.9. The molecular formula is C23H24FN3O4. The Kier molecular flexibility index (Phi) is 6.39. The van der Waals surface area contributed by atoms with Crippen LogP contribution in [0.1, 0.15) is 23.6 Å². The first-order valence-corrected chi connectivity index (χ1v) is 10.3. The summed E-state index contributed by atoms with van der Waals surface area (Å²) >= 11 is 0. The normalized spacial score (nSPS) is 21.6. The molecule has 2 fully saturated rings. The number of benzene rings is 1. The number of hydrogen-bond acceptors (Lipinski definition) is 6. The smallest absolute Gasteiger partial charge is 0.295 e. The monoisotopic (exact) mass is 425 g/mol. The minimum Gasteiger partial charge on any atom is -0.507 e. The van der Waals surface area contributed by atoms with Gasteiger partial charge in [-0.15, -0.1) is 0 Å². The molecule has 0 saturated carbocycles. The van der Waals surface area contributed by atoms with Gasteiger partial charge in [-0.1, -0.05) is 12.1 Å². The quantitative estimate of drug-likeness (QED) is 0.435. The van der Waals surface area contributed by atoms with Crippen molar-refractivity contribution in [2.24, 2.45) is 0 Å². The Morgan fingerprint density at radius 2 is 1.87 bits per heavy atom. The number of Topliss-reactive ketones (excluding diaryl/α,β-unsaturated/α-hetero) is 1. The highest BCUT2D eigenvalue weighted by Crippen LogP contribution is 2.39. The molecule has 2 aromatic rings. The molecule has 0 spiro atoms. The van der Waals surface area contributed by atoms with Crippen LogP contribution in [0.15, 0.2) is 54.4 Å². The van der Waals surface area contributed by atoms with Crippen molar-refractivity contribution in [1.29, 1.82) is 0 Å². The fourth-order valence-corrected chi connectivity index (χ4v) is 4.09. The highest BCUT2D eigenvalue weighted by atomic mass is 19.1. The van der Waals surface area contributed by atoms with Gasteiger partial charge in [-0.3, -0.25) is 19.5 Å². The minimum absolute atomic E-state index is 0.0341. The molecule has 162 valence electrons. The Labute approximate surface area is 179 Å². The molecule has 1 aromatic heterocycles. The lowest BCUT2D eigenvalue weighted by molar-refractivity contribution is -0.140. The molecule has 8 heteroatoms. The van der Waals surface area contributed by atoms with Gasteiger partial charge in [0.15, 0.2) is 0 Å². The maximum Gasteiger partial charge on any atom is 0.295 e. The van der Waals surface area contributed by atoms with Gasteiger partial charge >= 0.3 is 0 Å². The molecule has 7 nitrogen and oxygen atoms in total. The van der Waals surface area contributed by atoms with E-state index in [1.54, 1.807) is 18.2 Å². The van der Waals surface area contributed by atoms with E-state index < -0.39 is 23.5 Å². The van der Waals surface area contributed by atoms with Crippen molar-refractivity contribution in [3.8, 4) is 0 Å². The molecule has 1 amide bonds. The van der Waals surface area contributed by atoms with Crippen LogP contribution in [0, 0.1) is 5.82 Å². The summed E-state index contributed by atoms with van der Waals surface area (Å²) in [5.41, 5.74) is 0.789. The van der Waals surface area contributed by atoms with E-state index in [1.807, 2.05) is 0 Å². The largest absolute Gasteiger partial charge is 0.507 e. The van der Waals surface area contributed by atoms with E-state index in [0.717, 1.165) is 19.6 Å². The van der Waals surface area contributed by atoms with E-state index in [0.29, 0.717) is 37.3 Å². The molecule has 2 aliphatic rings. The van der Waals surface area contributed by atoms with Crippen molar-refractivity contribution >= 4 is 17.4 Å². The van der Waals surface area contributed by atoms with Crippen LogP contribution in [0.2, 0.25) is 0 Å². The van der Waals surface area contributed by atoms with Crippen LogP contribution >= 0.6 is 0 Å². The molecule has 4 rings (SSSR count). The summed E-state index contributed by atoms with van der Waals surface area (Å²) in [6, 6.07) is 8.06. The molecule has 0 unspecified atom stereocenters. The van der Waals surface area contributed by atoms with Crippen LogP contribution < -0.4 is 0 Å². The lowest BCUT2D eigenvalue weighted by Gasteiger charge is -2.29. The predicted octanol–water partition coefficient (Wildman–Crippen LogP) is 2.36. The Bertz CT molecular complexity index is 989. The van der Waals surface area contributed by atoms with Crippen LogP contribution in [0.25, 0.3) is 5.76 Å². The number of nitrogens with zero attached hydrogens (tertiary/aromatic N) is 3. The number of pyridine rings is 1. The number of ether oxygens (including phenoxy) is 1. The standard InChI is InChI=1S/C23H24FN3O4/c24-18-4-1-3-17(15-18)20-19(21(28)16-5-7-25-8-6-16)22(29)23(30)27(20)10-2-9-26-11-13-31-14-12-26/h1,3-8,15,20,28H,2,9-14H2/t20-/m1/s1. The number of likely N-dealkylation sites (tertiary alicyclic amines) is 1. The van der Waals surface area contributed by atoms with Gasteiger partial charge in [0.1, 0.15) is 11.6 Å². The second kappa shape index (κ2) is 9.36. The number of halogens is 1. The van der Waals surface area contributed by atoms with Gasteiger partial charge in [-0.2, -0.15) is 0 Å². The SMILES string of the molecule is O=C1C(=O)N(CCCN2CCOCC2)[C@H](c2cccc(F)c2)C1=C(O)c1ccncc1. The van der Waals surface area contributed by atoms with E-state index >= 15 is 0 Å². The number of carbonyl (C=O) groups is 2. The number of aromatic nitrogens is 1. The average Bonchev–Trinajstić information content (AvgIpc) is 3.05. The zero-order valence-corrected chi connectivity index (χ0v) is 17.0. The Morgan fingerprint density at radius 3 is 2.58 bits per heavy atom. The third-order valence-corrected chi connectivity index (χ3v) is 5.64. The summed E-state index contributed by atoms with van der Waals surface area (Å²) < 4.78 is 19.3. The first-order valence-electron chi connectivity index (χ1n) is 10.3. The topological polar surface area (TPSA) is 83.0 Å². The van der Waals surface area contributed by atoms with Gasteiger partial charge in [0, 0.05) is 44.1 Å². The highest BCUT2D eigenvalue weighted by molar-refractivity contribution is 6.46. The summed E-state index contributed by atoms with van der Waals surface area (Å²) in [6.45, 7) is 4.09.